The normalized spacial score (nSPS) is 14.1. The Bertz CT molecular complexity index is 1120. The Morgan fingerprint density at radius 3 is 2.31 bits per heavy atom. The smallest absolute Gasteiger partial charge is 0.224 e. The molecule has 7 heteroatoms. The molecule has 2 aromatic carbocycles. The molecule has 3 aromatic rings. The van der Waals surface area contributed by atoms with E-state index in [0.29, 0.717) is 13.0 Å². The highest BCUT2D eigenvalue weighted by molar-refractivity contribution is 5.94. The Kier molecular flexibility index (Phi) is 8.19. The lowest BCUT2D eigenvalue weighted by Gasteiger charge is -2.33. The molecule has 1 aliphatic heterocycles. The van der Waals surface area contributed by atoms with Crippen LogP contribution < -0.4 is 15.5 Å². The second-order valence-electron chi connectivity index (χ2n) is 9.07. The maximum atomic E-state index is 12.8. The highest BCUT2D eigenvalue weighted by Crippen LogP contribution is 2.35. The first-order chi connectivity index (χ1) is 17.1. The van der Waals surface area contributed by atoms with Crippen LogP contribution in [0.5, 0.6) is 0 Å². The molecule has 0 saturated carbocycles. The van der Waals surface area contributed by atoms with E-state index >= 15 is 0 Å². The maximum absolute atomic E-state index is 12.8. The van der Waals surface area contributed by atoms with E-state index < -0.39 is 0 Å². The van der Waals surface area contributed by atoms with E-state index in [9.17, 15) is 9.59 Å². The van der Waals surface area contributed by atoms with Crippen LogP contribution >= 0.6 is 0 Å². The van der Waals surface area contributed by atoms with Gasteiger partial charge >= 0.3 is 0 Å². The molecule has 0 spiro atoms. The molecule has 35 heavy (non-hydrogen) atoms. The molecule has 1 saturated heterocycles. The Hall–Kier alpha value is -3.61. The zero-order valence-electron chi connectivity index (χ0n) is 20.7. The predicted octanol–water partition coefficient (Wildman–Crippen LogP) is 4.49. The van der Waals surface area contributed by atoms with Crippen molar-refractivity contribution in [1.82, 2.24) is 15.1 Å². The van der Waals surface area contributed by atoms with E-state index in [0.717, 1.165) is 61.7 Å². The number of carbonyl (C=O) groups excluding carboxylic acids is 2. The summed E-state index contributed by atoms with van der Waals surface area (Å²) in [7, 11) is 0. The van der Waals surface area contributed by atoms with Crippen LogP contribution in [0.3, 0.4) is 0 Å². The number of nitrogens with zero attached hydrogens (tertiary/aromatic N) is 3. The van der Waals surface area contributed by atoms with Crippen LogP contribution in [0.15, 0.2) is 60.7 Å². The highest BCUT2D eigenvalue weighted by atomic mass is 16.2. The van der Waals surface area contributed by atoms with Crippen LogP contribution in [-0.2, 0) is 16.0 Å². The number of para-hydroxylation sites is 1. The summed E-state index contributed by atoms with van der Waals surface area (Å²) < 4.78 is 1.91. The molecular weight excluding hydrogens is 438 g/mol. The van der Waals surface area contributed by atoms with Gasteiger partial charge in [-0.05, 0) is 50.3 Å². The Balaban J connectivity index is 1.39. The summed E-state index contributed by atoms with van der Waals surface area (Å²) in [5.41, 5.74) is 3.78. The first kappa shape index (κ1) is 24.5. The minimum atomic E-state index is -0.0354. The zero-order chi connectivity index (χ0) is 24.6. The largest absolute Gasteiger partial charge is 0.356 e. The molecule has 0 atom stereocenters. The van der Waals surface area contributed by atoms with Crippen LogP contribution in [0.2, 0.25) is 0 Å². The van der Waals surface area contributed by atoms with Crippen LogP contribution in [-0.4, -0.2) is 41.2 Å². The van der Waals surface area contributed by atoms with Gasteiger partial charge in [0.1, 0.15) is 5.69 Å². The molecule has 0 unspecified atom stereocenters. The number of nitrogens with one attached hydrogen (secondary N) is 2. The average molecular weight is 474 g/mol. The number of aryl methyl sites for hydroxylation is 2. The first-order valence-corrected chi connectivity index (χ1v) is 12.6. The van der Waals surface area contributed by atoms with Crippen LogP contribution in [0.25, 0.3) is 5.69 Å². The van der Waals surface area contributed by atoms with E-state index in [1.165, 1.54) is 5.56 Å². The molecule has 0 radical (unpaired) electrons. The molecular formula is C28H35N5O2. The van der Waals surface area contributed by atoms with Gasteiger partial charge in [0, 0.05) is 32.0 Å². The average Bonchev–Trinajstić information content (AvgIpc) is 3.23. The van der Waals surface area contributed by atoms with E-state index in [1.54, 1.807) is 0 Å². The van der Waals surface area contributed by atoms with Gasteiger partial charge in [-0.1, -0.05) is 55.5 Å². The van der Waals surface area contributed by atoms with Crippen LogP contribution in [0, 0.1) is 12.8 Å². The van der Waals surface area contributed by atoms with Crippen molar-refractivity contribution in [2.45, 2.75) is 46.0 Å². The fraction of sp³-hybridized carbons (Fsp3) is 0.393. The second-order valence-corrected chi connectivity index (χ2v) is 9.07. The quantitative estimate of drug-likeness (QED) is 0.449. The van der Waals surface area contributed by atoms with Crippen molar-refractivity contribution in [2.75, 3.05) is 29.9 Å². The summed E-state index contributed by atoms with van der Waals surface area (Å²) in [5.74, 6) is 1.000. The molecule has 4 rings (SSSR count). The van der Waals surface area contributed by atoms with Gasteiger partial charge in [0.15, 0.2) is 5.82 Å². The summed E-state index contributed by atoms with van der Waals surface area (Å²) in [4.78, 5) is 27.3. The first-order valence-electron chi connectivity index (χ1n) is 12.6. The predicted molar refractivity (Wildman–Crippen MR) is 140 cm³/mol. The van der Waals surface area contributed by atoms with Crippen molar-refractivity contribution in [2.24, 2.45) is 5.92 Å². The van der Waals surface area contributed by atoms with Gasteiger partial charge in [0.25, 0.3) is 0 Å². The monoisotopic (exact) mass is 473 g/mol. The van der Waals surface area contributed by atoms with E-state index in [1.807, 2.05) is 67.1 Å². The van der Waals surface area contributed by atoms with Gasteiger partial charge in [-0.15, -0.1) is 0 Å². The van der Waals surface area contributed by atoms with Crippen LogP contribution in [0.1, 0.15) is 43.9 Å². The second kappa shape index (κ2) is 11.7. The summed E-state index contributed by atoms with van der Waals surface area (Å²) in [6, 6.07) is 20.3. The third kappa shape index (κ3) is 6.10. The number of hydrogen-bond donors (Lipinski definition) is 2. The van der Waals surface area contributed by atoms with Gasteiger partial charge in [-0.25, -0.2) is 4.68 Å². The Labute approximate surface area is 207 Å². The summed E-state index contributed by atoms with van der Waals surface area (Å²) in [6.45, 7) is 5.92. The summed E-state index contributed by atoms with van der Waals surface area (Å²) >= 11 is 0. The topological polar surface area (TPSA) is 79.3 Å². The number of piperidine rings is 1. The number of amides is 2. The molecule has 1 fully saturated rings. The molecule has 2 N–H and O–H groups in total. The fourth-order valence-electron chi connectivity index (χ4n) is 4.58. The number of rotatable bonds is 9. The van der Waals surface area contributed by atoms with E-state index in [-0.39, 0.29) is 17.7 Å². The third-order valence-corrected chi connectivity index (χ3v) is 6.57. The summed E-state index contributed by atoms with van der Waals surface area (Å²) in [5, 5.41) is 10.9. The zero-order valence-corrected chi connectivity index (χ0v) is 20.7. The Morgan fingerprint density at radius 1 is 1.00 bits per heavy atom. The van der Waals surface area contributed by atoms with Crippen molar-refractivity contribution >= 4 is 23.3 Å². The molecule has 1 aromatic heterocycles. The molecule has 2 amide bonds. The van der Waals surface area contributed by atoms with Crippen LogP contribution in [0.4, 0.5) is 11.5 Å². The molecule has 184 valence electrons. The van der Waals surface area contributed by atoms with Gasteiger partial charge in [0.05, 0.1) is 11.4 Å². The van der Waals surface area contributed by atoms with Crippen molar-refractivity contribution in [3.05, 3.63) is 71.9 Å². The SMILES string of the molecule is CCC(=O)Nc1c(C)nn(-c2ccccc2)c1N1CCC(C(=O)NCCCc2ccccc2)CC1. The maximum Gasteiger partial charge on any atom is 0.224 e. The lowest BCUT2D eigenvalue weighted by Crippen LogP contribution is -2.41. The minimum Gasteiger partial charge on any atom is -0.356 e. The van der Waals surface area contributed by atoms with E-state index in [4.69, 9.17) is 5.10 Å². The van der Waals surface area contributed by atoms with Crippen molar-refractivity contribution < 1.29 is 9.59 Å². The molecule has 2 heterocycles. The number of benzene rings is 2. The standard InChI is InChI=1S/C28H35N5O2/c1-3-25(34)30-26-21(2)31-33(24-14-8-5-9-15-24)28(26)32-19-16-23(17-20-32)27(35)29-18-10-13-22-11-6-4-7-12-22/h4-9,11-12,14-15,23H,3,10,13,16-20H2,1-2H3,(H,29,35)(H,30,34). The number of hydrogen-bond acceptors (Lipinski definition) is 4. The lowest BCUT2D eigenvalue weighted by atomic mass is 9.95. The number of anilines is 2. The van der Waals surface area contributed by atoms with Gasteiger partial charge in [-0.3, -0.25) is 9.59 Å². The third-order valence-electron chi connectivity index (χ3n) is 6.57. The number of carbonyl (C=O) groups is 2. The van der Waals surface area contributed by atoms with Crippen molar-refractivity contribution in [3.8, 4) is 5.69 Å². The van der Waals surface area contributed by atoms with Crippen molar-refractivity contribution in [3.63, 3.8) is 0 Å². The minimum absolute atomic E-state index is 0.00542. The molecule has 0 bridgehead atoms. The molecule has 7 nitrogen and oxygen atoms in total. The summed E-state index contributed by atoms with van der Waals surface area (Å²) in [6.07, 6.45) is 3.84. The Morgan fingerprint density at radius 2 is 1.66 bits per heavy atom. The molecule has 1 aliphatic rings. The highest BCUT2D eigenvalue weighted by Gasteiger charge is 2.29. The molecule has 0 aliphatic carbocycles. The lowest BCUT2D eigenvalue weighted by molar-refractivity contribution is -0.125. The van der Waals surface area contributed by atoms with E-state index in [2.05, 4.69) is 27.7 Å². The van der Waals surface area contributed by atoms with Gasteiger partial charge in [-0.2, -0.15) is 5.10 Å². The number of aromatic nitrogens is 2. The van der Waals surface area contributed by atoms with Gasteiger partial charge < -0.3 is 15.5 Å². The van der Waals surface area contributed by atoms with Crippen molar-refractivity contribution in [1.29, 1.82) is 0 Å². The van der Waals surface area contributed by atoms with Gasteiger partial charge in [0.2, 0.25) is 11.8 Å². The fourth-order valence-corrected chi connectivity index (χ4v) is 4.58.